The Labute approximate surface area is 235 Å². The Balaban J connectivity index is 0.000000128. The second kappa shape index (κ2) is 7.61. The first kappa shape index (κ1) is 26.8. The Kier molecular flexibility index (Phi) is 4.98. The third kappa shape index (κ3) is 3.57. The lowest BCUT2D eigenvalue weighted by atomic mass is 9.34. The van der Waals surface area contributed by atoms with E-state index in [4.69, 9.17) is 4.74 Å². The molecule has 0 aromatic rings. The van der Waals surface area contributed by atoms with Gasteiger partial charge in [-0.3, -0.25) is 0 Å². The van der Waals surface area contributed by atoms with Gasteiger partial charge >= 0.3 is 12.4 Å². The molecule has 14 aliphatic rings. The molecule has 0 amide bonds. The van der Waals surface area contributed by atoms with E-state index in [0.29, 0.717) is 19.3 Å². The van der Waals surface area contributed by atoms with Gasteiger partial charge in [0.25, 0.3) is 0 Å². The lowest BCUT2D eigenvalue weighted by Gasteiger charge is -2.73. The Morgan fingerprint density at radius 1 is 0.415 bits per heavy atom. The van der Waals surface area contributed by atoms with Crippen LogP contribution in [0.4, 0.5) is 26.3 Å². The van der Waals surface area contributed by atoms with E-state index in [9.17, 15) is 41.7 Å². The average molecular weight is 591 g/mol. The highest BCUT2D eigenvalue weighted by atomic mass is 19.4. The standard InChI is InChI=1S/C17H20F6O2.C14H20O2/c18-16(19,20)13(17(21,22)23)25-15-4-10-7-1-14(24)2-8(10)12(6-15)9(3-14)11(7)5-15;15-13-1-7-8-4-14(16)5-9(7)11(3-13)12(6-14)10(8)2-13/h7-13,24H,1-6H2;7-12,15-16H,1-6H2. The van der Waals surface area contributed by atoms with Crippen molar-refractivity contribution in [1.29, 1.82) is 0 Å². The molecule has 3 N–H and O–H groups in total. The van der Waals surface area contributed by atoms with Crippen molar-refractivity contribution in [2.75, 3.05) is 0 Å². The van der Waals surface area contributed by atoms with Crippen LogP contribution in [0.2, 0.25) is 0 Å². The van der Waals surface area contributed by atoms with Crippen molar-refractivity contribution in [2.24, 2.45) is 71.0 Å². The summed E-state index contributed by atoms with van der Waals surface area (Å²) in [6.07, 6.45) is -5.48. The third-order valence-corrected chi connectivity index (χ3v) is 14.9. The molecule has 0 saturated heterocycles. The molecule has 14 aliphatic carbocycles. The van der Waals surface area contributed by atoms with Crippen LogP contribution in [0.15, 0.2) is 0 Å². The fourth-order valence-corrected chi connectivity index (χ4v) is 14.4. The molecule has 41 heavy (non-hydrogen) atoms. The van der Waals surface area contributed by atoms with Gasteiger partial charge in [0.15, 0.2) is 0 Å². The van der Waals surface area contributed by atoms with Crippen molar-refractivity contribution in [3.63, 3.8) is 0 Å². The molecule has 4 nitrogen and oxygen atoms in total. The van der Waals surface area contributed by atoms with Gasteiger partial charge in [0.2, 0.25) is 6.10 Å². The van der Waals surface area contributed by atoms with Crippen LogP contribution in [0, 0.1) is 71.0 Å². The van der Waals surface area contributed by atoms with Gasteiger partial charge in [-0.1, -0.05) is 0 Å². The Morgan fingerprint density at radius 2 is 0.610 bits per heavy atom. The predicted octanol–water partition coefficient (Wildman–Crippen LogP) is 5.63. The van der Waals surface area contributed by atoms with Gasteiger partial charge in [0, 0.05) is 0 Å². The zero-order chi connectivity index (χ0) is 28.7. The van der Waals surface area contributed by atoms with Gasteiger partial charge < -0.3 is 20.1 Å². The van der Waals surface area contributed by atoms with E-state index >= 15 is 0 Å². The minimum absolute atomic E-state index is 0.108. The number of aliphatic hydroxyl groups is 3. The Hall–Kier alpha value is -0.580. The lowest BCUT2D eigenvalue weighted by molar-refractivity contribution is -0.375. The summed E-state index contributed by atoms with van der Waals surface area (Å²) < 4.78 is 82.9. The summed E-state index contributed by atoms with van der Waals surface area (Å²) in [6.45, 7) is 0. The SMILES string of the molecule is OC12CC3C4CC5(O)CC3C(C1)C(C5)C4C2.OC12CC3C4CC5(OC(C(F)(F)F)C(F)(F)F)CC3C(C1)C(C5)C4C2. The van der Waals surface area contributed by atoms with E-state index in [-0.39, 0.29) is 66.0 Å². The quantitative estimate of drug-likeness (QED) is 0.365. The van der Waals surface area contributed by atoms with Crippen molar-refractivity contribution >= 4 is 0 Å². The molecule has 0 atom stereocenters. The second-order valence-electron chi connectivity index (χ2n) is 16.9. The Bertz CT molecular complexity index is 972. The maximum absolute atomic E-state index is 13.0. The fourth-order valence-electron chi connectivity index (χ4n) is 14.4. The molecule has 0 aliphatic heterocycles. The number of ether oxygens (including phenoxy) is 1. The Morgan fingerprint density at radius 3 is 0.805 bits per heavy atom. The van der Waals surface area contributed by atoms with E-state index in [1.54, 1.807) is 0 Å². The smallest absolute Gasteiger partial charge is 0.390 e. The summed E-state index contributed by atoms with van der Waals surface area (Å²) in [6, 6.07) is 0. The van der Waals surface area contributed by atoms with Gasteiger partial charge in [-0.2, -0.15) is 26.3 Å². The van der Waals surface area contributed by atoms with E-state index in [2.05, 4.69) is 0 Å². The van der Waals surface area contributed by atoms with Crippen molar-refractivity contribution in [2.45, 2.75) is 118 Å². The first-order valence-electron chi connectivity index (χ1n) is 16.0. The van der Waals surface area contributed by atoms with E-state index < -0.39 is 29.7 Å². The largest absolute Gasteiger partial charge is 0.423 e. The summed E-state index contributed by atoms with van der Waals surface area (Å²) in [5.74, 6) is 5.63. The first-order chi connectivity index (χ1) is 19.0. The predicted molar refractivity (Wildman–Crippen MR) is 132 cm³/mol. The number of alkyl halides is 6. The molecule has 0 aromatic heterocycles. The van der Waals surface area contributed by atoms with Crippen molar-refractivity contribution < 1.29 is 46.4 Å². The minimum atomic E-state index is -5.45. The number of halogens is 6. The van der Waals surface area contributed by atoms with Crippen molar-refractivity contribution in [3.05, 3.63) is 0 Å². The van der Waals surface area contributed by atoms with Crippen molar-refractivity contribution in [3.8, 4) is 0 Å². The van der Waals surface area contributed by atoms with Crippen LogP contribution in [0.1, 0.15) is 77.0 Å². The summed E-state index contributed by atoms with van der Waals surface area (Å²) in [7, 11) is 0. The summed E-state index contributed by atoms with van der Waals surface area (Å²) in [4.78, 5) is 0. The topological polar surface area (TPSA) is 69.9 Å². The molecule has 14 fully saturated rings. The van der Waals surface area contributed by atoms with E-state index in [1.165, 1.54) is 0 Å². The molecule has 16 bridgehead atoms. The molecule has 0 heterocycles. The summed E-state index contributed by atoms with van der Waals surface area (Å²) in [5, 5.41) is 31.9. The highest BCUT2D eigenvalue weighted by Gasteiger charge is 2.73. The molecule has 230 valence electrons. The van der Waals surface area contributed by atoms with Crippen LogP contribution < -0.4 is 0 Å². The van der Waals surface area contributed by atoms with Crippen LogP contribution in [-0.2, 0) is 4.74 Å². The van der Waals surface area contributed by atoms with Gasteiger partial charge in [-0.25, -0.2) is 0 Å². The normalized spacial score (nSPS) is 61.3. The fraction of sp³-hybridized carbons (Fsp3) is 1.00. The lowest BCUT2D eigenvalue weighted by Crippen LogP contribution is -2.72. The molecule has 0 unspecified atom stereocenters. The molecular formula is C31H40F6O4. The van der Waals surface area contributed by atoms with Crippen molar-refractivity contribution in [1.82, 2.24) is 0 Å². The highest BCUT2D eigenvalue weighted by molar-refractivity contribution is 5.22. The zero-order valence-electron chi connectivity index (χ0n) is 23.0. The molecule has 0 aromatic carbocycles. The van der Waals surface area contributed by atoms with E-state index in [0.717, 1.165) is 74.0 Å². The molecule has 14 rings (SSSR count). The highest BCUT2D eigenvalue weighted by Crippen LogP contribution is 2.74. The van der Waals surface area contributed by atoms with Crippen LogP contribution >= 0.6 is 0 Å². The van der Waals surface area contributed by atoms with E-state index in [1.807, 2.05) is 0 Å². The van der Waals surface area contributed by atoms with Gasteiger partial charge in [-0.15, -0.1) is 0 Å². The van der Waals surface area contributed by atoms with Crippen LogP contribution in [0.5, 0.6) is 0 Å². The number of hydrogen-bond acceptors (Lipinski definition) is 4. The average Bonchev–Trinajstić information content (AvgIpc) is 2.85. The summed E-state index contributed by atoms with van der Waals surface area (Å²) in [5.41, 5.74) is -2.54. The number of hydrogen-bond donors (Lipinski definition) is 3. The van der Waals surface area contributed by atoms with Gasteiger partial charge in [0.1, 0.15) is 0 Å². The third-order valence-electron chi connectivity index (χ3n) is 14.9. The molecular weight excluding hydrogens is 550 g/mol. The first-order valence-corrected chi connectivity index (χ1v) is 16.0. The maximum Gasteiger partial charge on any atom is 0.423 e. The van der Waals surface area contributed by atoms with Gasteiger partial charge in [-0.05, 0) is 148 Å². The number of rotatable bonds is 2. The molecule has 0 spiro atoms. The maximum atomic E-state index is 13.0. The second-order valence-corrected chi connectivity index (χ2v) is 16.9. The van der Waals surface area contributed by atoms with Crippen LogP contribution in [0.25, 0.3) is 0 Å². The monoisotopic (exact) mass is 590 g/mol. The van der Waals surface area contributed by atoms with Crippen LogP contribution in [-0.4, -0.2) is 56.2 Å². The molecule has 10 heteroatoms. The van der Waals surface area contributed by atoms with Crippen LogP contribution in [0.3, 0.4) is 0 Å². The molecule has 0 radical (unpaired) electrons. The zero-order valence-corrected chi connectivity index (χ0v) is 23.0. The minimum Gasteiger partial charge on any atom is -0.390 e. The van der Waals surface area contributed by atoms with Gasteiger partial charge in [0.05, 0.1) is 22.4 Å². The molecule has 14 saturated carbocycles. The summed E-state index contributed by atoms with van der Waals surface area (Å²) >= 11 is 0.